The van der Waals surface area contributed by atoms with E-state index in [2.05, 4.69) is 450 Å². The average Bonchev–Trinajstić information content (AvgIpc) is 1.60. The topological polar surface area (TPSA) is 86.8 Å². The Morgan fingerprint density at radius 1 is 0.246 bits per heavy atom. The summed E-state index contributed by atoms with van der Waals surface area (Å²) in [5.74, 6) is 7.82. The molecule has 8 aromatic heterocycles. The Bertz CT molecular complexity index is 6020. The third kappa shape index (κ3) is 19.3. The SMILES string of the molecule is C.C.C.C.CCc1nc2cc(-c3ccccc3C)[n+](C)cc2n1-c1c(C(C)C)cccc1C(C)C.CCc1nc2cc(-c3ccccc3C)[n+](C)cc2n1-c1c(C(C)C)cccc1C(C)C.Cc1ccccc1-c1cc2nc(C)n(-c3c(C(C)C)cccc3C(C)C)c2c[n+]1C.Cc1ccccc1-c1cc2nc(C)n(-c3c(C(C)C)cccc3C(C)C)c2c[n+]1C. The number of pyridine rings is 4. The molecule has 8 heterocycles. The highest BCUT2D eigenvalue weighted by atomic mass is 15.1. The largest absolute Gasteiger partial charge is 0.291 e. The van der Waals surface area contributed by atoms with Crippen molar-refractivity contribution in [3.05, 3.63) is 309 Å². The first-order chi connectivity index (χ1) is 58.2. The molecular weight excluding hydrogens is 1540 g/mol. The minimum atomic E-state index is 0. The van der Waals surface area contributed by atoms with Gasteiger partial charge in [0.15, 0.2) is 24.8 Å². The van der Waals surface area contributed by atoms with Gasteiger partial charge in [0.2, 0.25) is 22.8 Å². The molecule has 12 heteroatoms. The molecule has 12 nitrogen and oxygen atoms in total. The molecule has 126 heavy (non-hydrogen) atoms. The predicted octanol–water partition coefficient (Wildman–Crippen LogP) is 28.6. The van der Waals surface area contributed by atoms with Crippen LogP contribution in [0.2, 0.25) is 0 Å². The van der Waals surface area contributed by atoms with Crippen molar-refractivity contribution in [1.82, 2.24) is 38.2 Å². The van der Waals surface area contributed by atoms with Crippen molar-refractivity contribution < 1.29 is 18.3 Å². The van der Waals surface area contributed by atoms with Gasteiger partial charge < -0.3 is 0 Å². The summed E-state index contributed by atoms with van der Waals surface area (Å²) in [5.41, 5.74) is 39.9. The second kappa shape index (κ2) is 41.1. The van der Waals surface area contributed by atoms with Gasteiger partial charge in [0.1, 0.15) is 95.6 Å². The van der Waals surface area contributed by atoms with Gasteiger partial charge in [-0.3, -0.25) is 18.3 Å². The highest BCUT2D eigenvalue weighted by Gasteiger charge is 2.30. The summed E-state index contributed by atoms with van der Waals surface area (Å²) in [6, 6.07) is 70.1. The van der Waals surface area contributed by atoms with E-state index in [0.717, 1.165) is 69.2 Å². The number of hydrogen-bond acceptors (Lipinski definition) is 4. The molecule has 0 radical (unpaired) electrons. The molecule has 0 saturated heterocycles. The van der Waals surface area contributed by atoms with Crippen molar-refractivity contribution in [2.24, 2.45) is 28.2 Å². The van der Waals surface area contributed by atoms with Crippen LogP contribution in [-0.4, -0.2) is 38.2 Å². The normalized spacial score (nSPS) is 11.4. The van der Waals surface area contributed by atoms with E-state index in [0.29, 0.717) is 47.3 Å². The minimum Gasteiger partial charge on any atom is -0.291 e. The van der Waals surface area contributed by atoms with Crippen LogP contribution in [0, 0.1) is 41.5 Å². The molecule has 0 fully saturated rings. The molecule has 0 spiro atoms. The molecule has 0 N–H and O–H groups in total. The van der Waals surface area contributed by atoms with Crippen molar-refractivity contribution in [2.45, 2.75) is 256 Å². The Morgan fingerprint density at radius 2 is 0.429 bits per heavy atom. The number of para-hydroxylation sites is 4. The van der Waals surface area contributed by atoms with Crippen molar-refractivity contribution in [1.29, 1.82) is 0 Å². The number of nitrogens with zero attached hydrogens (tertiary/aromatic N) is 12. The summed E-state index contributed by atoms with van der Waals surface area (Å²) in [5, 5.41) is 0. The molecule has 0 aliphatic heterocycles. The third-order valence-corrected chi connectivity index (χ3v) is 24.7. The Hall–Kier alpha value is -11.8. The molecular formula is C114H148N12+4. The summed E-state index contributed by atoms with van der Waals surface area (Å²) in [7, 11) is 8.54. The van der Waals surface area contributed by atoms with Crippen LogP contribution in [0.25, 0.3) is 112 Å². The molecule has 0 aliphatic carbocycles. The standard InChI is InChI=1S/2C28H34N3.2C27H32N3.4CH4/c2*1-8-27-29-24-16-25(23-13-10-9-12-20(23)6)30(7)17-26(24)31(27)28-21(18(2)3)14-11-15-22(28)19(4)5;2*1-17(2)21-13-10-14-22(18(3)4)27(21)30-20(6)28-24-15-25(29(7)16-26(24)30)23-12-9-8-11-19(23)5;;;;/h2*9-19H,8H2,1-7H3;2*8-18H,1-7H3;4*1H4/q4*+1;;;;. The zero-order valence-electron chi connectivity index (χ0n) is 78.2. The zero-order chi connectivity index (χ0) is 87.7. The first kappa shape index (κ1) is 98.0. The summed E-state index contributed by atoms with van der Waals surface area (Å²) in [6.45, 7) is 53.7. The Labute approximate surface area is 756 Å². The number of aryl methyl sites for hydroxylation is 12. The molecule has 0 amide bonds. The van der Waals surface area contributed by atoms with Gasteiger partial charge in [-0.15, -0.1) is 0 Å². The maximum Gasteiger partial charge on any atom is 0.214 e. The second-order valence-corrected chi connectivity index (χ2v) is 36.2. The van der Waals surface area contributed by atoms with E-state index in [1.807, 2.05) is 0 Å². The monoisotopic (exact) mass is 1690 g/mol. The number of hydrogen-bond donors (Lipinski definition) is 0. The van der Waals surface area contributed by atoms with E-state index in [-0.39, 0.29) is 29.7 Å². The predicted molar refractivity (Wildman–Crippen MR) is 538 cm³/mol. The highest BCUT2D eigenvalue weighted by molar-refractivity contribution is 5.86. The van der Waals surface area contributed by atoms with Gasteiger partial charge in [0, 0.05) is 59.4 Å². The lowest BCUT2D eigenvalue weighted by Gasteiger charge is -2.22. The number of imidazole rings is 4. The van der Waals surface area contributed by atoms with Crippen molar-refractivity contribution >= 4 is 44.1 Å². The molecule has 0 bridgehead atoms. The quantitative estimate of drug-likeness (QED) is 0.0801. The van der Waals surface area contributed by atoms with E-state index in [9.17, 15) is 0 Å². The van der Waals surface area contributed by atoms with Crippen LogP contribution in [0.5, 0.6) is 0 Å². The van der Waals surface area contributed by atoms with Crippen LogP contribution >= 0.6 is 0 Å². The van der Waals surface area contributed by atoms with Crippen molar-refractivity contribution in [3.63, 3.8) is 0 Å². The molecule has 8 aromatic carbocycles. The molecule has 0 atom stereocenters. The van der Waals surface area contributed by atoms with Gasteiger partial charge in [-0.05, 0) is 180 Å². The minimum absolute atomic E-state index is 0. The van der Waals surface area contributed by atoms with Crippen molar-refractivity contribution in [2.75, 3.05) is 0 Å². The average molecular weight is 1690 g/mol. The second-order valence-electron chi connectivity index (χ2n) is 36.2. The fraction of sp³-hybridized carbons (Fsp3) is 0.368. The molecule has 0 saturated carbocycles. The van der Waals surface area contributed by atoms with Crippen LogP contribution in [0.1, 0.15) is 292 Å². The lowest BCUT2D eigenvalue weighted by Crippen LogP contribution is -2.31. The van der Waals surface area contributed by atoms with Gasteiger partial charge in [0.05, 0.1) is 22.7 Å². The van der Waals surface area contributed by atoms with Gasteiger partial charge in [-0.1, -0.05) is 300 Å². The highest BCUT2D eigenvalue weighted by Crippen LogP contribution is 2.41. The number of fused-ring (bicyclic) bond motifs is 4. The van der Waals surface area contributed by atoms with E-state index >= 15 is 0 Å². The van der Waals surface area contributed by atoms with Gasteiger partial charge in [-0.2, -0.15) is 18.3 Å². The first-order valence-electron chi connectivity index (χ1n) is 44.6. The molecule has 16 rings (SSSR count). The van der Waals surface area contributed by atoms with E-state index in [1.165, 1.54) is 146 Å². The van der Waals surface area contributed by atoms with E-state index in [4.69, 9.17) is 19.9 Å². The van der Waals surface area contributed by atoms with E-state index < -0.39 is 0 Å². The van der Waals surface area contributed by atoms with Crippen LogP contribution < -0.4 is 18.3 Å². The first-order valence-corrected chi connectivity index (χ1v) is 44.6. The summed E-state index contributed by atoms with van der Waals surface area (Å²) >= 11 is 0. The molecule has 0 aliphatic rings. The summed E-state index contributed by atoms with van der Waals surface area (Å²) in [4.78, 5) is 20.2. The maximum atomic E-state index is 5.12. The lowest BCUT2D eigenvalue weighted by atomic mass is 9.92. The zero-order valence-corrected chi connectivity index (χ0v) is 78.2. The number of aromatic nitrogens is 12. The Balaban J connectivity index is 0.000000188. The Kier molecular flexibility index (Phi) is 32.0. The van der Waals surface area contributed by atoms with Crippen LogP contribution in [0.4, 0.5) is 0 Å². The van der Waals surface area contributed by atoms with E-state index in [1.54, 1.807) is 0 Å². The maximum absolute atomic E-state index is 5.12. The smallest absolute Gasteiger partial charge is 0.214 e. The summed E-state index contributed by atoms with van der Waals surface area (Å²) < 4.78 is 18.5. The van der Waals surface area contributed by atoms with Gasteiger partial charge in [-0.25, -0.2) is 19.9 Å². The fourth-order valence-electron chi connectivity index (χ4n) is 18.1. The third-order valence-electron chi connectivity index (χ3n) is 24.7. The van der Waals surface area contributed by atoms with Crippen LogP contribution in [-0.2, 0) is 41.0 Å². The van der Waals surface area contributed by atoms with Crippen molar-refractivity contribution in [3.8, 4) is 67.8 Å². The number of benzene rings is 8. The molecule has 660 valence electrons. The lowest BCUT2D eigenvalue weighted by molar-refractivity contribution is -0.659. The van der Waals surface area contributed by atoms with Crippen LogP contribution in [0.3, 0.4) is 0 Å². The van der Waals surface area contributed by atoms with Crippen LogP contribution in [0.15, 0.2) is 219 Å². The number of rotatable bonds is 18. The molecule has 0 unspecified atom stereocenters. The van der Waals surface area contributed by atoms with Gasteiger partial charge >= 0.3 is 0 Å². The fourth-order valence-corrected chi connectivity index (χ4v) is 18.1. The summed E-state index contributed by atoms with van der Waals surface area (Å²) in [6.07, 6.45) is 10.8. The molecule has 16 aromatic rings. The van der Waals surface area contributed by atoms with Gasteiger partial charge in [0.25, 0.3) is 0 Å². The Morgan fingerprint density at radius 3 is 0.619 bits per heavy atom.